The Kier molecular flexibility index (Phi) is 49.0. The molecule has 62 heavy (non-hydrogen) atoms. The molecule has 0 fully saturated rings. The van der Waals surface area contributed by atoms with Crippen molar-refractivity contribution < 1.29 is 24.2 Å². The number of ether oxygens (including phenoxy) is 2. The Hall–Kier alpha value is -3.44. The van der Waals surface area contributed by atoms with Gasteiger partial charge >= 0.3 is 11.9 Å². The molecule has 0 aromatic heterocycles. The molecule has 0 aliphatic carbocycles. The van der Waals surface area contributed by atoms with Gasteiger partial charge in [-0.05, 0) is 96.3 Å². The molecule has 0 radical (unpaired) electrons. The van der Waals surface area contributed by atoms with Crippen molar-refractivity contribution in [2.75, 3.05) is 13.2 Å². The summed E-state index contributed by atoms with van der Waals surface area (Å²) in [5.41, 5.74) is 0. The van der Waals surface area contributed by atoms with E-state index in [0.717, 1.165) is 96.3 Å². The minimum Gasteiger partial charge on any atom is -0.462 e. The van der Waals surface area contributed by atoms with Gasteiger partial charge in [-0.25, -0.2) is 0 Å². The largest absolute Gasteiger partial charge is 0.462 e. The summed E-state index contributed by atoms with van der Waals surface area (Å²) in [6, 6.07) is 0. The fourth-order valence-electron chi connectivity index (χ4n) is 6.81. The molecular formula is C57H94O5. The van der Waals surface area contributed by atoms with Crippen molar-refractivity contribution in [3.8, 4) is 0 Å². The normalized spacial score (nSPS) is 13.1. The van der Waals surface area contributed by atoms with E-state index in [2.05, 4.69) is 123 Å². The zero-order valence-corrected chi connectivity index (χ0v) is 40.1. The van der Waals surface area contributed by atoms with E-state index in [4.69, 9.17) is 9.47 Å². The minimum atomic E-state index is -0.785. The SMILES string of the molecule is CC/C=C\C/C=C\C/C=C\C/C=C\C/C=C\CCCCCCCCCCCC(=O)OC(CO)COC(=O)CCCCCCCCCCCC/C=C\C/C=C\C/C=C\C/C=C\CC. The Morgan fingerprint density at radius 2 is 0.645 bits per heavy atom. The van der Waals surface area contributed by atoms with Gasteiger partial charge in [0.05, 0.1) is 6.61 Å². The highest BCUT2D eigenvalue weighted by Crippen LogP contribution is 2.14. The smallest absolute Gasteiger partial charge is 0.306 e. The molecule has 0 aromatic rings. The molecule has 5 heteroatoms. The van der Waals surface area contributed by atoms with Crippen LogP contribution >= 0.6 is 0 Å². The molecule has 1 atom stereocenters. The average molecular weight is 859 g/mol. The number of hydrogen-bond acceptors (Lipinski definition) is 5. The van der Waals surface area contributed by atoms with Crippen molar-refractivity contribution in [1.82, 2.24) is 0 Å². The van der Waals surface area contributed by atoms with Crippen molar-refractivity contribution >= 4 is 11.9 Å². The maximum absolute atomic E-state index is 12.3. The van der Waals surface area contributed by atoms with Crippen LogP contribution in [0.25, 0.3) is 0 Å². The fourth-order valence-corrected chi connectivity index (χ4v) is 6.81. The first-order chi connectivity index (χ1) is 30.6. The topological polar surface area (TPSA) is 72.8 Å². The maximum atomic E-state index is 12.3. The summed E-state index contributed by atoms with van der Waals surface area (Å²) in [7, 11) is 0. The molecule has 0 amide bonds. The zero-order valence-electron chi connectivity index (χ0n) is 40.1. The van der Waals surface area contributed by atoms with Gasteiger partial charge < -0.3 is 14.6 Å². The lowest BCUT2D eigenvalue weighted by Gasteiger charge is -2.15. The number of carbonyl (C=O) groups is 2. The summed E-state index contributed by atoms with van der Waals surface area (Å²) in [4.78, 5) is 24.5. The van der Waals surface area contributed by atoms with Crippen molar-refractivity contribution in [2.24, 2.45) is 0 Å². The second kappa shape index (κ2) is 51.9. The number of rotatable bonds is 45. The summed E-state index contributed by atoms with van der Waals surface area (Å²) >= 11 is 0. The van der Waals surface area contributed by atoms with Crippen molar-refractivity contribution in [1.29, 1.82) is 0 Å². The number of esters is 2. The van der Waals surface area contributed by atoms with Crippen LogP contribution < -0.4 is 0 Å². The lowest BCUT2D eigenvalue weighted by atomic mass is 10.1. The van der Waals surface area contributed by atoms with Gasteiger partial charge in [0.25, 0.3) is 0 Å². The maximum Gasteiger partial charge on any atom is 0.306 e. The third-order valence-electron chi connectivity index (χ3n) is 10.6. The first-order valence-electron chi connectivity index (χ1n) is 25.4. The molecule has 352 valence electrons. The summed E-state index contributed by atoms with van der Waals surface area (Å²) in [6.07, 6.45) is 74.6. The molecule has 0 aliphatic heterocycles. The van der Waals surface area contributed by atoms with Crippen molar-refractivity contribution in [3.05, 3.63) is 109 Å². The third kappa shape index (κ3) is 49.2. The van der Waals surface area contributed by atoms with Gasteiger partial charge in [0, 0.05) is 12.8 Å². The summed E-state index contributed by atoms with van der Waals surface area (Å²) in [6.45, 7) is 3.91. The van der Waals surface area contributed by atoms with Crippen LogP contribution in [0.15, 0.2) is 109 Å². The van der Waals surface area contributed by atoms with Gasteiger partial charge in [-0.1, -0.05) is 220 Å². The Morgan fingerprint density at radius 1 is 0.371 bits per heavy atom. The third-order valence-corrected chi connectivity index (χ3v) is 10.6. The second-order valence-corrected chi connectivity index (χ2v) is 16.5. The van der Waals surface area contributed by atoms with Crippen LogP contribution in [0.3, 0.4) is 0 Å². The number of unbranched alkanes of at least 4 members (excludes halogenated alkanes) is 19. The molecule has 1 unspecified atom stereocenters. The Labute approximate surface area is 382 Å². The van der Waals surface area contributed by atoms with Crippen LogP contribution in [0.5, 0.6) is 0 Å². The lowest BCUT2D eigenvalue weighted by Crippen LogP contribution is -2.28. The van der Waals surface area contributed by atoms with Crippen molar-refractivity contribution in [3.63, 3.8) is 0 Å². The van der Waals surface area contributed by atoms with Gasteiger partial charge in [0.2, 0.25) is 0 Å². The van der Waals surface area contributed by atoms with E-state index in [-0.39, 0.29) is 25.2 Å². The number of aliphatic hydroxyl groups excluding tert-OH is 1. The molecule has 5 nitrogen and oxygen atoms in total. The number of carbonyl (C=O) groups excluding carboxylic acids is 2. The minimum absolute atomic E-state index is 0.0766. The van der Waals surface area contributed by atoms with Crippen LogP contribution in [0.2, 0.25) is 0 Å². The van der Waals surface area contributed by atoms with Gasteiger partial charge in [0.1, 0.15) is 6.61 Å². The Morgan fingerprint density at radius 3 is 0.968 bits per heavy atom. The van der Waals surface area contributed by atoms with Crippen LogP contribution in [0, 0.1) is 0 Å². The average Bonchev–Trinajstić information content (AvgIpc) is 3.28. The van der Waals surface area contributed by atoms with Crippen molar-refractivity contribution in [2.45, 2.75) is 225 Å². The standard InChI is InChI=1S/C57H94O5/c1-3-5-7-9-11-13-15-17-19-21-23-25-27-28-30-32-34-36-38-40-42-44-46-48-50-52-57(60)62-55(53-58)54-61-56(59)51-49-47-45-43-41-39-37-35-33-31-29-26-24-22-20-18-16-14-12-10-8-6-4-2/h5-8,11-14,17-20,23-26,28,30,55,58H,3-4,9-10,15-16,21-22,27,29,31-54H2,1-2H3/b7-5-,8-6-,13-11-,14-12-,19-17-,20-18-,25-23-,26-24-,30-28-. The molecule has 0 aromatic carbocycles. The molecule has 0 heterocycles. The van der Waals surface area contributed by atoms with E-state index in [1.165, 1.54) is 96.3 Å². The van der Waals surface area contributed by atoms with E-state index >= 15 is 0 Å². The highest BCUT2D eigenvalue weighted by molar-refractivity contribution is 5.70. The van der Waals surface area contributed by atoms with E-state index in [1.807, 2.05) is 0 Å². The van der Waals surface area contributed by atoms with E-state index < -0.39 is 6.10 Å². The summed E-state index contributed by atoms with van der Waals surface area (Å²) in [5.74, 6) is -0.607. The summed E-state index contributed by atoms with van der Waals surface area (Å²) in [5, 5.41) is 9.63. The quantitative estimate of drug-likeness (QED) is 0.0375. The van der Waals surface area contributed by atoms with Gasteiger partial charge in [-0.2, -0.15) is 0 Å². The molecule has 0 rings (SSSR count). The summed E-state index contributed by atoms with van der Waals surface area (Å²) < 4.78 is 10.7. The molecule has 0 saturated heterocycles. The van der Waals surface area contributed by atoms with Gasteiger partial charge in [-0.3, -0.25) is 9.59 Å². The first kappa shape index (κ1) is 58.6. The van der Waals surface area contributed by atoms with E-state index in [9.17, 15) is 14.7 Å². The number of allylic oxidation sites excluding steroid dienone is 18. The van der Waals surface area contributed by atoms with Crippen LogP contribution in [-0.2, 0) is 19.1 Å². The van der Waals surface area contributed by atoms with Gasteiger partial charge in [0.15, 0.2) is 6.10 Å². The predicted octanol–water partition coefficient (Wildman–Crippen LogP) is 17.0. The molecule has 0 spiro atoms. The van der Waals surface area contributed by atoms with Crippen LogP contribution in [0.1, 0.15) is 219 Å². The highest BCUT2D eigenvalue weighted by Gasteiger charge is 2.16. The highest BCUT2D eigenvalue weighted by atomic mass is 16.6. The number of aliphatic hydroxyl groups is 1. The molecule has 0 bridgehead atoms. The molecule has 0 saturated carbocycles. The lowest BCUT2D eigenvalue weighted by molar-refractivity contribution is -0.161. The monoisotopic (exact) mass is 859 g/mol. The fraction of sp³-hybridized carbons (Fsp3) is 0.649. The Bertz CT molecular complexity index is 1250. The van der Waals surface area contributed by atoms with Crippen LogP contribution in [0.4, 0.5) is 0 Å². The van der Waals surface area contributed by atoms with E-state index in [1.54, 1.807) is 0 Å². The first-order valence-corrected chi connectivity index (χ1v) is 25.4. The van der Waals surface area contributed by atoms with E-state index in [0.29, 0.717) is 12.8 Å². The zero-order chi connectivity index (χ0) is 44.9. The second-order valence-electron chi connectivity index (χ2n) is 16.5. The van der Waals surface area contributed by atoms with Crippen LogP contribution in [-0.4, -0.2) is 36.4 Å². The molecule has 0 aliphatic rings. The number of hydrogen-bond donors (Lipinski definition) is 1. The Balaban J connectivity index is 3.56. The van der Waals surface area contributed by atoms with Gasteiger partial charge in [-0.15, -0.1) is 0 Å². The molecular weight excluding hydrogens is 765 g/mol. The molecule has 1 N–H and O–H groups in total. The predicted molar refractivity (Wildman–Crippen MR) is 269 cm³/mol.